The molecule has 0 unspecified atom stereocenters. The number of carbonyl (C=O) groups excluding carboxylic acids is 1. The minimum absolute atomic E-state index is 0.126. The van der Waals surface area contributed by atoms with Crippen molar-refractivity contribution in [3.63, 3.8) is 0 Å². The number of urea groups is 1. The quantitative estimate of drug-likeness (QED) is 0.368. The molecule has 0 spiro atoms. The van der Waals surface area contributed by atoms with Crippen LogP contribution in [0, 0.1) is 19.7 Å². The Kier molecular flexibility index (Phi) is 6.71. The normalized spacial score (nSPS) is 14.5. The van der Waals surface area contributed by atoms with Crippen molar-refractivity contribution in [2.75, 3.05) is 36.4 Å². The lowest BCUT2D eigenvalue weighted by Gasteiger charge is -2.36. The van der Waals surface area contributed by atoms with Crippen molar-refractivity contribution < 1.29 is 9.18 Å². The van der Waals surface area contributed by atoms with Gasteiger partial charge >= 0.3 is 6.03 Å². The number of hydrogen-bond donors (Lipinski definition) is 3. The van der Waals surface area contributed by atoms with Crippen molar-refractivity contribution in [2.24, 2.45) is 0 Å². The summed E-state index contributed by atoms with van der Waals surface area (Å²) in [4.78, 5) is 26.0. The number of H-pyrrole nitrogens is 1. The molecule has 0 radical (unpaired) electrons. The molecule has 0 bridgehead atoms. The Balaban J connectivity index is 1.16. The van der Waals surface area contributed by atoms with E-state index in [-0.39, 0.29) is 12.1 Å². The zero-order valence-electron chi connectivity index (χ0n) is 20.9. The third-order valence-corrected chi connectivity index (χ3v) is 6.21. The van der Waals surface area contributed by atoms with E-state index in [1.54, 1.807) is 12.3 Å². The van der Waals surface area contributed by atoms with Gasteiger partial charge < -0.3 is 20.4 Å². The summed E-state index contributed by atoms with van der Waals surface area (Å²) in [5.41, 5.74) is 2.91. The number of nitrogens with one attached hydrogen (secondary N) is 3. The number of nitrogens with zero attached hydrogens (tertiary/aromatic N) is 7. The van der Waals surface area contributed by atoms with Crippen LogP contribution in [-0.4, -0.2) is 67.1 Å². The first-order valence-corrected chi connectivity index (χ1v) is 12.1. The lowest BCUT2D eigenvalue weighted by Crippen LogP contribution is -2.52. The third-order valence-electron chi connectivity index (χ3n) is 6.21. The molecule has 1 atom stereocenters. The molecule has 0 aliphatic carbocycles. The first-order valence-electron chi connectivity index (χ1n) is 12.1. The van der Waals surface area contributed by atoms with Gasteiger partial charge in [0.1, 0.15) is 11.6 Å². The highest BCUT2D eigenvalue weighted by Gasteiger charge is 2.23. The molecule has 11 nitrogen and oxygen atoms in total. The summed E-state index contributed by atoms with van der Waals surface area (Å²) in [6.45, 7) is 8.40. The van der Waals surface area contributed by atoms with E-state index in [1.807, 2.05) is 49.9 Å². The van der Waals surface area contributed by atoms with Crippen LogP contribution in [0.2, 0.25) is 0 Å². The lowest BCUT2D eigenvalue weighted by atomic mass is 10.1. The van der Waals surface area contributed by atoms with Crippen molar-refractivity contribution in [1.82, 2.24) is 40.2 Å². The van der Waals surface area contributed by atoms with Gasteiger partial charge in [0.25, 0.3) is 0 Å². The zero-order chi connectivity index (χ0) is 25.9. The Hall–Kier alpha value is -4.48. The van der Waals surface area contributed by atoms with Gasteiger partial charge in [-0.1, -0.05) is 6.07 Å². The highest BCUT2D eigenvalue weighted by atomic mass is 19.1. The van der Waals surface area contributed by atoms with Crippen molar-refractivity contribution in [3.8, 4) is 5.82 Å². The smallest absolute Gasteiger partial charge is 0.317 e. The molecule has 5 heterocycles. The van der Waals surface area contributed by atoms with Crippen LogP contribution in [0.1, 0.15) is 29.8 Å². The number of rotatable bonds is 6. The standard InChI is InChI=1S/C25H29FN10O/c1-16-10-21(30-22-12-17(2)32-33-22)31-24(11-16)34-6-8-35(9-7-34)25(37)29-18(3)19-4-5-23(27-13-19)36-15-20(26)14-28-36/h4-5,10-15,18H,6-9H2,1-3H3,(H,29,37)(H2,30,31,32,33)/t18-/m0/s1. The summed E-state index contributed by atoms with van der Waals surface area (Å²) in [5, 5.41) is 17.3. The second-order valence-corrected chi connectivity index (χ2v) is 9.15. The molecule has 192 valence electrons. The number of aromatic nitrogens is 6. The van der Waals surface area contributed by atoms with E-state index in [0.717, 1.165) is 40.5 Å². The van der Waals surface area contributed by atoms with Crippen molar-refractivity contribution in [1.29, 1.82) is 0 Å². The summed E-state index contributed by atoms with van der Waals surface area (Å²) in [6, 6.07) is 9.18. The Bertz CT molecular complexity index is 1370. The number of aryl methyl sites for hydroxylation is 2. The molecule has 37 heavy (non-hydrogen) atoms. The minimum atomic E-state index is -0.425. The number of pyridine rings is 2. The van der Waals surface area contributed by atoms with Crippen LogP contribution in [0.25, 0.3) is 5.82 Å². The van der Waals surface area contributed by atoms with E-state index >= 15 is 0 Å². The van der Waals surface area contributed by atoms with Gasteiger partial charge in [-0.25, -0.2) is 23.8 Å². The molecule has 4 aromatic rings. The number of halogens is 1. The van der Waals surface area contributed by atoms with E-state index in [2.05, 4.69) is 35.8 Å². The minimum Gasteiger partial charge on any atom is -0.353 e. The number of hydrogen-bond acceptors (Lipinski definition) is 7. The maximum absolute atomic E-state index is 13.2. The van der Waals surface area contributed by atoms with Crippen LogP contribution >= 0.6 is 0 Å². The van der Waals surface area contributed by atoms with Gasteiger partial charge in [0, 0.05) is 44.1 Å². The van der Waals surface area contributed by atoms with Crippen LogP contribution in [-0.2, 0) is 0 Å². The molecule has 1 fully saturated rings. The Morgan fingerprint density at radius 2 is 1.86 bits per heavy atom. The fraction of sp³-hybridized carbons (Fsp3) is 0.320. The van der Waals surface area contributed by atoms with Crippen molar-refractivity contribution in [3.05, 3.63) is 71.6 Å². The SMILES string of the molecule is Cc1cc(Nc2cc(C)[nH]n2)nc(N2CCN(C(=O)N[C@@H](C)c3ccc(-n4cc(F)cn4)nc3)CC2)c1. The molecule has 12 heteroatoms. The Morgan fingerprint density at radius 3 is 2.51 bits per heavy atom. The summed E-state index contributed by atoms with van der Waals surface area (Å²) in [6.07, 6.45) is 4.05. The summed E-state index contributed by atoms with van der Waals surface area (Å²) >= 11 is 0. The monoisotopic (exact) mass is 504 g/mol. The van der Waals surface area contributed by atoms with Gasteiger partial charge in [0.2, 0.25) is 0 Å². The average Bonchev–Trinajstić information content (AvgIpc) is 3.51. The molecule has 5 rings (SSSR count). The summed E-state index contributed by atoms with van der Waals surface area (Å²) in [7, 11) is 0. The van der Waals surface area contributed by atoms with E-state index in [0.29, 0.717) is 32.0 Å². The summed E-state index contributed by atoms with van der Waals surface area (Å²) < 4.78 is 14.6. The van der Waals surface area contributed by atoms with Crippen LogP contribution in [0.5, 0.6) is 0 Å². The molecule has 2 amide bonds. The number of anilines is 3. The first kappa shape index (κ1) is 24.2. The van der Waals surface area contributed by atoms with Gasteiger partial charge in [-0.3, -0.25) is 5.10 Å². The average molecular weight is 505 g/mol. The fourth-order valence-corrected chi connectivity index (χ4v) is 4.20. The van der Waals surface area contributed by atoms with E-state index in [4.69, 9.17) is 4.98 Å². The predicted molar refractivity (Wildman–Crippen MR) is 138 cm³/mol. The Morgan fingerprint density at radius 1 is 1.05 bits per heavy atom. The molecule has 0 saturated carbocycles. The van der Waals surface area contributed by atoms with E-state index in [9.17, 15) is 9.18 Å². The maximum Gasteiger partial charge on any atom is 0.317 e. The number of piperazine rings is 1. The second-order valence-electron chi connectivity index (χ2n) is 9.15. The third kappa shape index (κ3) is 5.68. The highest BCUT2D eigenvalue weighted by molar-refractivity contribution is 5.75. The Labute approximate surface area is 213 Å². The van der Waals surface area contributed by atoms with Crippen LogP contribution in [0.4, 0.5) is 26.6 Å². The maximum atomic E-state index is 13.2. The number of aromatic amines is 1. The molecule has 1 aliphatic rings. The molecule has 0 aromatic carbocycles. The van der Waals surface area contributed by atoms with E-state index in [1.165, 1.54) is 10.9 Å². The van der Waals surface area contributed by atoms with Crippen LogP contribution < -0.4 is 15.5 Å². The molecule has 1 saturated heterocycles. The largest absolute Gasteiger partial charge is 0.353 e. The van der Waals surface area contributed by atoms with Gasteiger partial charge in [0.15, 0.2) is 17.5 Å². The predicted octanol–water partition coefficient (Wildman–Crippen LogP) is 3.48. The number of carbonyl (C=O) groups is 1. The van der Waals surface area contributed by atoms with Gasteiger partial charge in [-0.05, 0) is 50.1 Å². The van der Waals surface area contributed by atoms with Crippen LogP contribution in [0.3, 0.4) is 0 Å². The molecule has 3 N–H and O–H groups in total. The van der Waals surface area contributed by atoms with Gasteiger partial charge in [-0.15, -0.1) is 0 Å². The van der Waals surface area contributed by atoms with Gasteiger partial charge in [0.05, 0.1) is 18.4 Å². The fourth-order valence-electron chi connectivity index (χ4n) is 4.20. The molecular formula is C25H29FN10O. The van der Waals surface area contributed by atoms with E-state index < -0.39 is 5.82 Å². The van der Waals surface area contributed by atoms with Crippen LogP contribution in [0.15, 0.2) is 48.9 Å². The van der Waals surface area contributed by atoms with Crippen molar-refractivity contribution >= 4 is 23.5 Å². The number of amides is 2. The topological polar surface area (TPSA) is 120 Å². The second kappa shape index (κ2) is 10.2. The van der Waals surface area contributed by atoms with Gasteiger partial charge in [-0.2, -0.15) is 10.2 Å². The molecular weight excluding hydrogens is 475 g/mol. The zero-order valence-corrected chi connectivity index (χ0v) is 20.9. The molecule has 1 aliphatic heterocycles. The van der Waals surface area contributed by atoms with Crippen molar-refractivity contribution in [2.45, 2.75) is 26.8 Å². The highest BCUT2D eigenvalue weighted by Crippen LogP contribution is 2.22. The lowest BCUT2D eigenvalue weighted by molar-refractivity contribution is 0.191. The summed E-state index contributed by atoms with van der Waals surface area (Å²) in [5.74, 6) is 2.40. The first-order chi connectivity index (χ1) is 17.8. The molecule has 4 aromatic heterocycles.